The summed E-state index contributed by atoms with van der Waals surface area (Å²) in [5.74, 6) is 0.912. The Kier molecular flexibility index (Phi) is 5.99. The maximum Gasteiger partial charge on any atom is 0.336 e. The van der Waals surface area contributed by atoms with Gasteiger partial charge in [0.2, 0.25) is 11.8 Å². The van der Waals surface area contributed by atoms with E-state index in [1.165, 1.54) is 11.0 Å². The molecule has 0 bridgehead atoms. The summed E-state index contributed by atoms with van der Waals surface area (Å²) < 4.78 is 12.2. The first-order valence-electron chi connectivity index (χ1n) is 12.4. The Hall–Kier alpha value is -4.00. The first kappa shape index (κ1) is 23.4. The van der Waals surface area contributed by atoms with Crippen LogP contribution in [0.15, 0.2) is 46.6 Å². The van der Waals surface area contributed by atoms with Gasteiger partial charge in [-0.25, -0.2) is 9.78 Å². The molecular weight excluding hydrogens is 478 g/mol. The lowest BCUT2D eigenvalue weighted by Gasteiger charge is -2.37. The van der Waals surface area contributed by atoms with Gasteiger partial charge in [0, 0.05) is 19.0 Å². The van der Waals surface area contributed by atoms with Gasteiger partial charge in [0.25, 0.3) is 0 Å². The van der Waals surface area contributed by atoms with Crippen molar-refractivity contribution in [2.24, 2.45) is 5.41 Å². The van der Waals surface area contributed by atoms with Crippen molar-refractivity contribution < 1.29 is 18.7 Å². The Morgan fingerprint density at radius 1 is 1.19 bits per heavy atom. The van der Waals surface area contributed by atoms with Crippen LogP contribution in [0.3, 0.4) is 0 Å². The number of hydrogen-bond acceptors (Lipinski definition) is 11. The molecule has 13 nitrogen and oxygen atoms in total. The Balaban J connectivity index is 1.11. The maximum absolute atomic E-state index is 13.4. The summed E-state index contributed by atoms with van der Waals surface area (Å²) >= 11 is 0. The van der Waals surface area contributed by atoms with E-state index in [1.807, 2.05) is 12.1 Å². The van der Waals surface area contributed by atoms with Gasteiger partial charge in [0.1, 0.15) is 19.2 Å². The predicted molar refractivity (Wildman–Crippen MR) is 126 cm³/mol. The van der Waals surface area contributed by atoms with Crippen LogP contribution in [-0.2, 0) is 20.7 Å². The van der Waals surface area contributed by atoms with Crippen molar-refractivity contribution in [2.75, 3.05) is 13.2 Å². The van der Waals surface area contributed by atoms with Crippen molar-refractivity contribution in [3.05, 3.63) is 53.8 Å². The van der Waals surface area contributed by atoms with E-state index in [-0.39, 0.29) is 36.0 Å². The number of oxazole rings is 1. The van der Waals surface area contributed by atoms with Gasteiger partial charge in [-0.15, -0.1) is 10.2 Å². The van der Waals surface area contributed by atoms with Gasteiger partial charge in [-0.1, -0.05) is 0 Å². The number of likely N-dealkylation sites (tertiary alicyclic amines) is 1. The third-order valence-corrected chi connectivity index (χ3v) is 7.75. The zero-order valence-electron chi connectivity index (χ0n) is 20.4. The Morgan fingerprint density at radius 3 is 2.70 bits per heavy atom. The monoisotopic (exact) mass is 505 g/mol. The number of nitrogens with zero attached hydrogens (tertiary/aromatic N) is 8. The molecule has 3 aromatic heterocycles. The van der Waals surface area contributed by atoms with Crippen LogP contribution in [0.25, 0.3) is 5.82 Å². The number of hydrogen-bond donors (Lipinski definition) is 1. The number of esters is 1. The van der Waals surface area contributed by atoms with E-state index in [9.17, 15) is 9.59 Å². The second-order valence-electron chi connectivity index (χ2n) is 9.84. The summed E-state index contributed by atoms with van der Waals surface area (Å²) in [6.45, 7) is 2.56. The van der Waals surface area contributed by atoms with Crippen molar-refractivity contribution in [3.8, 4) is 5.82 Å². The Labute approximate surface area is 212 Å². The van der Waals surface area contributed by atoms with Crippen molar-refractivity contribution >= 4 is 11.9 Å². The highest BCUT2D eigenvalue weighted by Gasteiger charge is 2.50. The average molecular weight is 506 g/mol. The topological polar surface area (TPSA) is 154 Å². The van der Waals surface area contributed by atoms with Gasteiger partial charge >= 0.3 is 5.97 Å². The molecule has 1 saturated heterocycles. The number of rotatable bonds is 7. The smallest absolute Gasteiger partial charge is 0.336 e. The molecule has 0 radical (unpaired) electrons. The number of amides is 1. The van der Waals surface area contributed by atoms with Crippen LogP contribution in [-0.4, -0.2) is 71.4 Å². The van der Waals surface area contributed by atoms with Crippen LogP contribution in [0.4, 0.5) is 0 Å². The summed E-state index contributed by atoms with van der Waals surface area (Å²) in [5.41, 5.74) is 1.68. The van der Waals surface area contributed by atoms with Gasteiger partial charge in [-0.05, 0) is 61.6 Å². The third-order valence-electron chi connectivity index (χ3n) is 7.75. The van der Waals surface area contributed by atoms with Crippen LogP contribution in [0.1, 0.15) is 56.7 Å². The normalized spacial score (nSPS) is 24.8. The SMILES string of the molecule is CC1=C(N2CCC3(CCC(NC(Cc4ccc(-n5cnnn5)nn4)c4ncco4)CC3)C2=O)COC1=O. The average Bonchev–Trinajstić information content (AvgIpc) is 3.73. The standard InChI is InChI=1S/C24H27N9O4/c1-15-19(13-37-22(15)34)32-10-8-24(23(32)35)6-4-16(5-7-24)27-18(21-25-9-11-36-21)12-17-2-3-20(29-28-17)33-14-26-30-31-33/h2-3,9,11,14,16,18,27H,4-8,10,12-13H2,1H3. The number of ether oxygens (including phenoxy) is 1. The second kappa shape index (κ2) is 9.47. The van der Waals surface area contributed by atoms with Crippen LogP contribution in [0.2, 0.25) is 0 Å². The molecule has 1 atom stereocenters. The van der Waals surface area contributed by atoms with E-state index in [1.54, 1.807) is 24.3 Å². The summed E-state index contributed by atoms with van der Waals surface area (Å²) in [6.07, 6.45) is 9.29. The van der Waals surface area contributed by atoms with E-state index in [4.69, 9.17) is 9.15 Å². The van der Waals surface area contributed by atoms with Crippen molar-refractivity contribution in [1.82, 2.24) is 45.6 Å². The molecule has 6 rings (SSSR count). The molecule has 1 amide bonds. The van der Waals surface area contributed by atoms with E-state index in [0.29, 0.717) is 30.2 Å². The molecule has 1 unspecified atom stereocenters. The van der Waals surface area contributed by atoms with Crippen molar-refractivity contribution in [3.63, 3.8) is 0 Å². The van der Waals surface area contributed by atoms with E-state index in [0.717, 1.165) is 43.5 Å². The molecular formula is C24H27N9O4. The lowest BCUT2D eigenvalue weighted by Crippen LogP contribution is -2.43. The number of aromatic nitrogens is 7. The van der Waals surface area contributed by atoms with Gasteiger partial charge in [0.05, 0.1) is 34.6 Å². The highest BCUT2D eigenvalue weighted by Crippen LogP contribution is 2.46. The molecule has 3 aliphatic rings. The highest BCUT2D eigenvalue weighted by molar-refractivity contribution is 5.94. The van der Waals surface area contributed by atoms with E-state index in [2.05, 4.69) is 36.0 Å². The Morgan fingerprint density at radius 2 is 2.05 bits per heavy atom. The van der Waals surface area contributed by atoms with Crippen LogP contribution < -0.4 is 5.32 Å². The minimum absolute atomic E-state index is 0.126. The number of carbonyl (C=O) groups is 2. The highest BCUT2D eigenvalue weighted by atomic mass is 16.5. The molecule has 2 fully saturated rings. The first-order chi connectivity index (χ1) is 18.0. The second-order valence-corrected chi connectivity index (χ2v) is 9.84. The minimum atomic E-state index is -0.368. The number of cyclic esters (lactones) is 1. The molecule has 13 heteroatoms. The van der Waals surface area contributed by atoms with Gasteiger partial charge in [-0.2, -0.15) is 9.78 Å². The van der Waals surface area contributed by atoms with E-state index < -0.39 is 0 Å². The molecule has 1 spiro atoms. The molecule has 5 heterocycles. The number of carbonyl (C=O) groups excluding carboxylic acids is 2. The van der Waals surface area contributed by atoms with Gasteiger partial charge in [0.15, 0.2) is 5.82 Å². The summed E-state index contributed by atoms with van der Waals surface area (Å²) in [4.78, 5) is 31.4. The molecule has 37 heavy (non-hydrogen) atoms. The van der Waals surface area contributed by atoms with Gasteiger partial charge < -0.3 is 19.4 Å². The molecule has 2 aliphatic heterocycles. The quantitative estimate of drug-likeness (QED) is 0.462. The fourth-order valence-corrected chi connectivity index (χ4v) is 5.60. The minimum Gasteiger partial charge on any atom is -0.456 e. The maximum atomic E-state index is 13.4. The molecule has 192 valence electrons. The predicted octanol–water partition coefficient (Wildman–Crippen LogP) is 1.31. The van der Waals surface area contributed by atoms with Gasteiger partial charge in [-0.3, -0.25) is 4.79 Å². The third kappa shape index (κ3) is 4.39. The van der Waals surface area contributed by atoms with Crippen LogP contribution in [0, 0.1) is 5.41 Å². The largest absolute Gasteiger partial charge is 0.456 e. The Bertz CT molecular complexity index is 1300. The zero-order chi connectivity index (χ0) is 25.4. The molecule has 3 aromatic rings. The van der Waals surface area contributed by atoms with Crippen molar-refractivity contribution in [1.29, 1.82) is 0 Å². The van der Waals surface area contributed by atoms with Crippen LogP contribution >= 0.6 is 0 Å². The molecule has 0 aromatic carbocycles. The van der Waals surface area contributed by atoms with E-state index >= 15 is 0 Å². The van der Waals surface area contributed by atoms with Crippen LogP contribution in [0.5, 0.6) is 0 Å². The fraction of sp³-hybridized carbons (Fsp3) is 0.500. The van der Waals surface area contributed by atoms with Crippen molar-refractivity contribution in [2.45, 2.75) is 57.5 Å². The molecule has 1 N–H and O–H groups in total. The summed E-state index contributed by atoms with van der Waals surface area (Å²) in [7, 11) is 0. The summed E-state index contributed by atoms with van der Waals surface area (Å²) in [6, 6.07) is 3.72. The lowest BCUT2D eigenvalue weighted by atomic mass is 9.71. The zero-order valence-corrected chi connectivity index (χ0v) is 20.4. The fourth-order valence-electron chi connectivity index (χ4n) is 5.60. The lowest BCUT2D eigenvalue weighted by molar-refractivity contribution is -0.138. The number of nitrogens with one attached hydrogen (secondary N) is 1. The first-order valence-corrected chi connectivity index (χ1v) is 12.4. The summed E-state index contributed by atoms with van der Waals surface area (Å²) in [5, 5.41) is 23.3. The number of tetrazole rings is 1. The molecule has 1 aliphatic carbocycles. The molecule has 1 saturated carbocycles.